The van der Waals surface area contributed by atoms with Gasteiger partial charge in [-0.2, -0.15) is 0 Å². The molecular formula is C21H25N3O6S. The van der Waals surface area contributed by atoms with Gasteiger partial charge in [-0.1, -0.05) is 12.1 Å². The molecule has 1 aromatic heterocycles. The van der Waals surface area contributed by atoms with Crippen LogP contribution in [-0.2, 0) is 30.8 Å². The number of aliphatic imine (C=N–C) groups is 1. The lowest BCUT2D eigenvalue weighted by atomic mass is 10.1. The summed E-state index contributed by atoms with van der Waals surface area (Å²) in [7, 11) is -2.09. The molecule has 1 aliphatic heterocycles. The molecule has 31 heavy (non-hydrogen) atoms. The molecule has 0 radical (unpaired) electrons. The van der Waals surface area contributed by atoms with E-state index >= 15 is 0 Å². The maximum atomic E-state index is 12.6. The largest absolute Gasteiger partial charge is 0.456 e. The van der Waals surface area contributed by atoms with Crippen LogP contribution in [0, 0.1) is 13.8 Å². The molecule has 0 spiro atoms. The maximum absolute atomic E-state index is 12.6. The lowest BCUT2D eigenvalue weighted by Gasteiger charge is -2.10. The highest BCUT2D eigenvalue weighted by molar-refractivity contribution is 7.90. The highest BCUT2D eigenvalue weighted by Crippen LogP contribution is 2.22. The third kappa shape index (κ3) is 4.70. The van der Waals surface area contributed by atoms with Crippen LogP contribution in [0.1, 0.15) is 34.2 Å². The Morgan fingerprint density at radius 3 is 2.65 bits per heavy atom. The fourth-order valence-electron chi connectivity index (χ4n) is 3.42. The molecule has 0 saturated carbocycles. The van der Waals surface area contributed by atoms with Crippen LogP contribution in [0.4, 0.5) is 0 Å². The van der Waals surface area contributed by atoms with Crippen molar-refractivity contribution in [2.75, 3.05) is 20.3 Å². The second-order valence-corrected chi connectivity index (χ2v) is 8.87. The summed E-state index contributed by atoms with van der Waals surface area (Å²) in [4.78, 5) is 29.2. The Labute approximate surface area is 181 Å². The summed E-state index contributed by atoms with van der Waals surface area (Å²) in [5.74, 6) is -0.970. The van der Waals surface area contributed by atoms with Crippen molar-refractivity contribution in [3.05, 3.63) is 52.8 Å². The Kier molecular flexibility index (Phi) is 6.61. The van der Waals surface area contributed by atoms with E-state index in [9.17, 15) is 18.0 Å². The molecule has 1 aromatic carbocycles. The van der Waals surface area contributed by atoms with Gasteiger partial charge in [0.05, 0.1) is 11.5 Å². The normalized spacial score (nSPS) is 16.6. The van der Waals surface area contributed by atoms with Gasteiger partial charge in [0.2, 0.25) is 5.78 Å². The van der Waals surface area contributed by atoms with E-state index in [1.54, 1.807) is 31.4 Å². The third-order valence-electron chi connectivity index (χ3n) is 5.07. The Bertz CT molecular complexity index is 1150. The second kappa shape index (κ2) is 9.03. The standard InChI is InChI=1S/C21H25N3O6S/c1-13-11-17(15(3)24(13)9-10-29-4)18(25)12-30-21(26)14(2)22-20-16-7-5-6-8-19(16)31(27,28)23-20/h5-8,11,14H,9-10,12H2,1-4H3,(H,22,23)/t14-/m0/s1. The van der Waals surface area contributed by atoms with E-state index in [1.165, 1.54) is 13.0 Å². The molecule has 0 aliphatic carbocycles. The van der Waals surface area contributed by atoms with E-state index in [2.05, 4.69) is 9.71 Å². The van der Waals surface area contributed by atoms with Crippen LogP contribution in [0.2, 0.25) is 0 Å². The van der Waals surface area contributed by atoms with E-state index < -0.39 is 28.6 Å². The first kappa shape index (κ1) is 22.7. The van der Waals surface area contributed by atoms with Crippen LogP contribution in [0.15, 0.2) is 40.2 Å². The summed E-state index contributed by atoms with van der Waals surface area (Å²) in [5, 5.41) is 0. The molecule has 0 bridgehead atoms. The number of rotatable bonds is 8. The highest BCUT2D eigenvalue weighted by atomic mass is 32.2. The molecule has 1 aliphatic rings. The average molecular weight is 448 g/mol. The number of nitrogens with one attached hydrogen (secondary N) is 1. The van der Waals surface area contributed by atoms with Crippen LogP contribution in [0.3, 0.4) is 0 Å². The number of carbonyl (C=O) groups excluding carboxylic acids is 2. The average Bonchev–Trinajstić information content (AvgIpc) is 3.16. The second-order valence-electron chi connectivity index (χ2n) is 7.22. The fourth-order valence-corrected chi connectivity index (χ4v) is 4.66. The molecule has 0 amide bonds. The van der Waals surface area contributed by atoms with Crippen molar-refractivity contribution in [1.29, 1.82) is 0 Å². The van der Waals surface area contributed by atoms with Crippen LogP contribution < -0.4 is 4.72 Å². The number of sulfonamides is 1. The van der Waals surface area contributed by atoms with Gasteiger partial charge in [0.1, 0.15) is 11.9 Å². The smallest absolute Gasteiger partial charge is 0.331 e. The van der Waals surface area contributed by atoms with Gasteiger partial charge in [-0.15, -0.1) is 0 Å². The number of aryl methyl sites for hydroxylation is 1. The van der Waals surface area contributed by atoms with Crippen LogP contribution in [0.5, 0.6) is 0 Å². The molecule has 0 fully saturated rings. The SMILES string of the molecule is COCCn1c(C)cc(C(=O)COC(=O)[C@H](C)N=C2NS(=O)(=O)c3ccccc32)c1C. The zero-order valence-corrected chi connectivity index (χ0v) is 18.7. The minimum absolute atomic E-state index is 0.0769. The predicted octanol–water partition coefficient (Wildman–Crippen LogP) is 1.60. The minimum Gasteiger partial charge on any atom is -0.456 e. The lowest BCUT2D eigenvalue weighted by molar-refractivity contribution is -0.143. The van der Waals surface area contributed by atoms with E-state index in [1.807, 2.05) is 18.4 Å². The van der Waals surface area contributed by atoms with Crippen molar-refractivity contribution >= 4 is 27.6 Å². The predicted molar refractivity (Wildman–Crippen MR) is 114 cm³/mol. The number of ketones is 1. The summed E-state index contributed by atoms with van der Waals surface area (Å²) in [6, 6.07) is 7.12. The number of hydrogen-bond donors (Lipinski definition) is 1. The summed E-state index contributed by atoms with van der Waals surface area (Å²) >= 11 is 0. The summed E-state index contributed by atoms with van der Waals surface area (Å²) in [5.41, 5.74) is 2.57. The molecule has 166 valence electrons. The highest BCUT2D eigenvalue weighted by Gasteiger charge is 2.31. The number of amidine groups is 1. The van der Waals surface area contributed by atoms with Crippen LogP contribution >= 0.6 is 0 Å². The molecule has 1 atom stereocenters. The van der Waals surface area contributed by atoms with Crippen molar-refractivity contribution in [2.45, 2.75) is 38.3 Å². The molecular weight excluding hydrogens is 422 g/mol. The van der Waals surface area contributed by atoms with E-state index in [0.717, 1.165) is 11.4 Å². The Hall–Kier alpha value is -2.98. The fraction of sp³-hybridized carbons (Fsp3) is 0.381. The Morgan fingerprint density at radius 2 is 1.94 bits per heavy atom. The number of Topliss-reactive ketones (excluding diaryl/α,β-unsaturated/α-hetero) is 1. The number of carbonyl (C=O) groups is 2. The van der Waals surface area contributed by atoms with Gasteiger partial charge in [-0.25, -0.2) is 13.2 Å². The molecule has 0 saturated heterocycles. The first-order valence-corrected chi connectivity index (χ1v) is 11.2. The number of aromatic nitrogens is 1. The number of methoxy groups -OCH3 is 1. The first-order valence-electron chi connectivity index (χ1n) is 9.71. The molecule has 9 nitrogen and oxygen atoms in total. The Morgan fingerprint density at radius 1 is 1.23 bits per heavy atom. The van der Waals surface area contributed by atoms with E-state index in [4.69, 9.17) is 9.47 Å². The van der Waals surface area contributed by atoms with E-state index in [0.29, 0.717) is 24.3 Å². The molecule has 1 N–H and O–H groups in total. The number of hydrogen-bond acceptors (Lipinski definition) is 7. The Balaban J connectivity index is 1.67. The number of esters is 1. The van der Waals surface area contributed by atoms with Crippen molar-refractivity contribution < 1.29 is 27.5 Å². The lowest BCUT2D eigenvalue weighted by Crippen LogP contribution is -2.27. The number of benzene rings is 1. The van der Waals surface area contributed by atoms with Gasteiger partial charge in [-0.3, -0.25) is 14.5 Å². The molecule has 2 aromatic rings. The summed E-state index contributed by atoms with van der Waals surface area (Å²) in [6.07, 6.45) is 0. The molecule has 0 unspecified atom stereocenters. The van der Waals surface area contributed by atoms with Gasteiger partial charge in [-0.05, 0) is 39.0 Å². The van der Waals surface area contributed by atoms with Crippen molar-refractivity contribution in [3.63, 3.8) is 0 Å². The zero-order valence-electron chi connectivity index (χ0n) is 17.8. The number of nitrogens with zero attached hydrogens (tertiary/aromatic N) is 2. The third-order valence-corrected chi connectivity index (χ3v) is 6.46. The minimum atomic E-state index is -3.70. The monoisotopic (exact) mass is 447 g/mol. The van der Waals surface area contributed by atoms with Gasteiger partial charge >= 0.3 is 5.97 Å². The van der Waals surface area contributed by atoms with Crippen molar-refractivity contribution in [1.82, 2.24) is 9.29 Å². The topological polar surface area (TPSA) is 116 Å². The quantitative estimate of drug-likeness (QED) is 0.485. The molecule has 2 heterocycles. The zero-order chi connectivity index (χ0) is 22.8. The molecule has 3 rings (SSSR count). The van der Waals surface area contributed by atoms with Gasteiger partial charge in [0.15, 0.2) is 6.61 Å². The van der Waals surface area contributed by atoms with Crippen molar-refractivity contribution in [2.24, 2.45) is 4.99 Å². The van der Waals surface area contributed by atoms with Gasteiger partial charge in [0.25, 0.3) is 10.0 Å². The number of ether oxygens (including phenoxy) is 2. The maximum Gasteiger partial charge on any atom is 0.331 e. The van der Waals surface area contributed by atoms with Gasteiger partial charge in [0, 0.05) is 36.2 Å². The number of fused-ring (bicyclic) bond motifs is 1. The van der Waals surface area contributed by atoms with E-state index in [-0.39, 0.29) is 16.5 Å². The summed E-state index contributed by atoms with van der Waals surface area (Å²) < 4.78 is 38.9. The van der Waals surface area contributed by atoms with Crippen LogP contribution in [0.25, 0.3) is 0 Å². The molecule has 10 heteroatoms. The van der Waals surface area contributed by atoms with Gasteiger partial charge < -0.3 is 14.0 Å². The first-order chi connectivity index (χ1) is 14.7. The summed E-state index contributed by atoms with van der Waals surface area (Å²) in [6.45, 7) is 5.91. The van der Waals surface area contributed by atoms with Crippen LogP contribution in [-0.4, -0.2) is 56.9 Å². The van der Waals surface area contributed by atoms with Crippen molar-refractivity contribution in [3.8, 4) is 0 Å².